The van der Waals surface area contributed by atoms with Gasteiger partial charge in [0, 0.05) is 23.5 Å². The zero-order chi connectivity index (χ0) is 17.6. The van der Waals surface area contributed by atoms with Crippen molar-refractivity contribution in [3.8, 4) is 0 Å². The highest BCUT2D eigenvalue weighted by Gasteiger charge is 2.12. The first kappa shape index (κ1) is 17.3. The predicted molar refractivity (Wildman–Crippen MR) is 104 cm³/mol. The van der Waals surface area contributed by atoms with E-state index < -0.39 is 0 Å². The number of H-pyrrole nitrogens is 1. The number of para-hydroxylation sites is 1. The summed E-state index contributed by atoms with van der Waals surface area (Å²) in [4.78, 5) is 15.6. The minimum absolute atomic E-state index is 0.0983. The number of nitrogens with one attached hydrogen (secondary N) is 2. The molecule has 1 atom stereocenters. The standard InChI is InChI=1S/C22H26N2O/c1-3-20(17-13-11-16(2)12-14-17)24-22(25)10-6-7-18-15-23-21-9-5-4-8-19(18)21/h4-5,8-9,11-15,20,23H,3,6-7,10H2,1-2H3,(H,24,25). The molecule has 0 saturated heterocycles. The second-order valence-corrected chi connectivity index (χ2v) is 6.65. The fourth-order valence-electron chi connectivity index (χ4n) is 3.26. The highest BCUT2D eigenvalue weighted by molar-refractivity contribution is 5.83. The number of carbonyl (C=O) groups excluding carboxylic acids is 1. The average molecular weight is 334 g/mol. The third kappa shape index (κ3) is 4.30. The van der Waals surface area contributed by atoms with Gasteiger partial charge >= 0.3 is 0 Å². The maximum atomic E-state index is 12.3. The summed E-state index contributed by atoms with van der Waals surface area (Å²) in [5.74, 6) is 0.132. The van der Waals surface area contributed by atoms with Gasteiger partial charge in [-0.2, -0.15) is 0 Å². The van der Waals surface area contributed by atoms with E-state index in [1.54, 1.807) is 0 Å². The van der Waals surface area contributed by atoms with E-state index in [1.165, 1.54) is 22.1 Å². The normalized spacial score (nSPS) is 12.2. The summed E-state index contributed by atoms with van der Waals surface area (Å²) in [7, 11) is 0. The lowest BCUT2D eigenvalue weighted by molar-refractivity contribution is -0.122. The number of aromatic nitrogens is 1. The Morgan fingerprint density at radius 2 is 1.88 bits per heavy atom. The third-order valence-electron chi connectivity index (χ3n) is 4.75. The zero-order valence-electron chi connectivity index (χ0n) is 15.0. The Morgan fingerprint density at radius 1 is 1.12 bits per heavy atom. The zero-order valence-corrected chi connectivity index (χ0v) is 15.0. The van der Waals surface area contributed by atoms with Crippen LogP contribution in [0, 0.1) is 6.92 Å². The first-order chi connectivity index (χ1) is 12.2. The van der Waals surface area contributed by atoms with Crippen molar-refractivity contribution in [1.82, 2.24) is 10.3 Å². The van der Waals surface area contributed by atoms with Crippen LogP contribution in [0.1, 0.15) is 48.9 Å². The molecule has 3 nitrogen and oxygen atoms in total. The van der Waals surface area contributed by atoms with Crippen LogP contribution in [-0.4, -0.2) is 10.9 Å². The molecular formula is C22H26N2O. The summed E-state index contributed by atoms with van der Waals surface area (Å²) in [5.41, 5.74) is 4.86. The molecule has 0 aliphatic heterocycles. The molecule has 0 bridgehead atoms. The van der Waals surface area contributed by atoms with Gasteiger partial charge in [-0.3, -0.25) is 4.79 Å². The molecule has 0 aliphatic rings. The Bertz CT molecular complexity index is 833. The van der Waals surface area contributed by atoms with Crippen LogP contribution in [0.15, 0.2) is 54.7 Å². The number of aryl methyl sites for hydroxylation is 2. The van der Waals surface area contributed by atoms with Gasteiger partial charge in [0.25, 0.3) is 0 Å². The van der Waals surface area contributed by atoms with Crippen LogP contribution in [0.5, 0.6) is 0 Å². The lowest BCUT2D eigenvalue weighted by atomic mass is 10.0. The van der Waals surface area contributed by atoms with Crippen LogP contribution in [0.4, 0.5) is 0 Å². The van der Waals surface area contributed by atoms with Crippen LogP contribution >= 0.6 is 0 Å². The van der Waals surface area contributed by atoms with Gasteiger partial charge in [0.1, 0.15) is 0 Å². The quantitative estimate of drug-likeness (QED) is 0.623. The first-order valence-electron chi connectivity index (χ1n) is 9.08. The van der Waals surface area contributed by atoms with Gasteiger partial charge < -0.3 is 10.3 Å². The molecule has 0 radical (unpaired) electrons. The Morgan fingerprint density at radius 3 is 2.64 bits per heavy atom. The maximum Gasteiger partial charge on any atom is 0.220 e. The Balaban J connectivity index is 1.52. The predicted octanol–water partition coefficient (Wildman–Crippen LogP) is 5.07. The highest BCUT2D eigenvalue weighted by atomic mass is 16.1. The number of aromatic amines is 1. The molecular weight excluding hydrogens is 308 g/mol. The van der Waals surface area contributed by atoms with E-state index in [9.17, 15) is 4.79 Å². The summed E-state index contributed by atoms with van der Waals surface area (Å²) in [6.07, 6.45) is 5.29. The smallest absolute Gasteiger partial charge is 0.220 e. The van der Waals surface area contributed by atoms with Crippen molar-refractivity contribution in [3.63, 3.8) is 0 Å². The molecule has 2 N–H and O–H groups in total. The highest BCUT2D eigenvalue weighted by Crippen LogP contribution is 2.20. The van der Waals surface area contributed by atoms with Gasteiger partial charge in [0.05, 0.1) is 6.04 Å². The van der Waals surface area contributed by atoms with Crippen LogP contribution in [0.25, 0.3) is 10.9 Å². The molecule has 3 heteroatoms. The molecule has 1 heterocycles. The van der Waals surface area contributed by atoms with Crippen molar-refractivity contribution < 1.29 is 4.79 Å². The number of hydrogen-bond acceptors (Lipinski definition) is 1. The van der Waals surface area contributed by atoms with Crippen molar-refractivity contribution in [2.24, 2.45) is 0 Å². The molecule has 1 aromatic heterocycles. The van der Waals surface area contributed by atoms with Gasteiger partial charge in [-0.15, -0.1) is 0 Å². The maximum absolute atomic E-state index is 12.3. The van der Waals surface area contributed by atoms with Crippen molar-refractivity contribution in [3.05, 3.63) is 71.4 Å². The number of fused-ring (bicyclic) bond motifs is 1. The van der Waals surface area contributed by atoms with E-state index >= 15 is 0 Å². The molecule has 1 unspecified atom stereocenters. The van der Waals surface area contributed by atoms with E-state index in [-0.39, 0.29) is 11.9 Å². The number of carbonyl (C=O) groups is 1. The molecule has 3 rings (SSSR count). The number of rotatable bonds is 7. The van der Waals surface area contributed by atoms with Crippen molar-refractivity contribution in [1.29, 1.82) is 0 Å². The lowest BCUT2D eigenvalue weighted by Gasteiger charge is -2.17. The largest absolute Gasteiger partial charge is 0.361 e. The topological polar surface area (TPSA) is 44.9 Å². The Hall–Kier alpha value is -2.55. The molecule has 3 aromatic rings. The summed E-state index contributed by atoms with van der Waals surface area (Å²) in [6.45, 7) is 4.19. The van der Waals surface area contributed by atoms with Gasteiger partial charge in [-0.05, 0) is 43.4 Å². The number of amides is 1. The van der Waals surface area contributed by atoms with E-state index in [1.807, 2.05) is 6.07 Å². The second kappa shape index (κ2) is 8.02. The van der Waals surface area contributed by atoms with Gasteiger partial charge in [-0.1, -0.05) is 55.0 Å². The van der Waals surface area contributed by atoms with Gasteiger partial charge in [0.2, 0.25) is 5.91 Å². The summed E-state index contributed by atoms with van der Waals surface area (Å²) < 4.78 is 0. The molecule has 25 heavy (non-hydrogen) atoms. The Kier molecular flexibility index (Phi) is 5.54. The van der Waals surface area contributed by atoms with Gasteiger partial charge in [0.15, 0.2) is 0 Å². The van der Waals surface area contributed by atoms with Crippen LogP contribution in [0.3, 0.4) is 0 Å². The van der Waals surface area contributed by atoms with Crippen molar-refractivity contribution in [2.45, 2.75) is 45.6 Å². The van der Waals surface area contributed by atoms with E-state index in [0.29, 0.717) is 6.42 Å². The molecule has 0 aliphatic carbocycles. The van der Waals surface area contributed by atoms with E-state index in [0.717, 1.165) is 24.8 Å². The van der Waals surface area contributed by atoms with Crippen LogP contribution in [-0.2, 0) is 11.2 Å². The molecule has 0 spiro atoms. The lowest BCUT2D eigenvalue weighted by Crippen LogP contribution is -2.27. The summed E-state index contributed by atoms with van der Waals surface area (Å²) in [6, 6.07) is 16.8. The minimum atomic E-state index is 0.0983. The molecule has 130 valence electrons. The average Bonchev–Trinajstić information content (AvgIpc) is 3.04. The molecule has 2 aromatic carbocycles. The van der Waals surface area contributed by atoms with Crippen molar-refractivity contribution >= 4 is 16.8 Å². The number of hydrogen-bond donors (Lipinski definition) is 2. The van der Waals surface area contributed by atoms with Crippen LogP contribution < -0.4 is 5.32 Å². The summed E-state index contributed by atoms with van der Waals surface area (Å²) in [5, 5.41) is 4.43. The summed E-state index contributed by atoms with van der Waals surface area (Å²) >= 11 is 0. The number of benzene rings is 2. The second-order valence-electron chi connectivity index (χ2n) is 6.65. The van der Waals surface area contributed by atoms with E-state index in [4.69, 9.17) is 0 Å². The molecule has 0 fully saturated rings. The monoisotopic (exact) mass is 334 g/mol. The van der Waals surface area contributed by atoms with Gasteiger partial charge in [-0.25, -0.2) is 0 Å². The fourth-order valence-corrected chi connectivity index (χ4v) is 3.26. The van der Waals surface area contributed by atoms with Crippen molar-refractivity contribution in [2.75, 3.05) is 0 Å². The van der Waals surface area contributed by atoms with Crippen LogP contribution in [0.2, 0.25) is 0 Å². The first-order valence-corrected chi connectivity index (χ1v) is 9.08. The minimum Gasteiger partial charge on any atom is -0.361 e. The molecule has 1 amide bonds. The van der Waals surface area contributed by atoms with E-state index in [2.05, 4.69) is 72.8 Å². The Labute approximate surface area is 149 Å². The fraction of sp³-hybridized carbons (Fsp3) is 0.318. The molecule has 0 saturated carbocycles. The third-order valence-corrected chi connectivity index (χ3v) is 4.75. The SMILES string of the molecule is CCC(NC(=O)CCCc1c[nH]c2ccccc12)c1ccc(C)cc1.